The lowest BCUT2D eigenvalue weighted by molar-refractivity contribution is -0.130. The lowest BCUT2D eigenvalue weighted by atomic mass is 10.1. The molecular weight excluding hydrogens is 278 g/mol. The predicted octanol–water partition coefficient (Wildman–Crippen LogP) is 1.22. The Morgan fingerprint density at radius 2 is 1.91 bits per heavy atom. The number of carbonyl (C=O) groups is 2. The fraction of sp³-hybridized carbons (Fsp3) is 0.412. The number of hydrogen-bond donors (Lipinski definition) is 1. The van der Waals surface area contributed by atoms with E-state index in [1.165, 1.54) is 0 Å². The number of likely N-dealkylation sites (N-methyl/N-ethyl adjacent to an activating group) is 1. The van der Waals surface area contributed by atoms with Crippen molar-refractivity contribution in [2.75, 3.05) is 33.7 Å². The van der Waals surface area contributed by atoms with Gasteiger partial charge in [-0.2, -0.15) is 0 Å². The maximum Gasteiger partial charge on any atom is 0.251 e. The van der Waals surface area contributed by atoms with Gasteiger partial charge in [0.25, 0.3) is 5.91 Å². The monoisotopic (exact) mass is 301 g/mol. The molecule has 0 radical (unpaired) electrons. The van der Waals surface area contributed by atoms with E-state index in [0.717, 1.165) is 25.2 Å². The molecule has 2 amide bonds. The van der Waals surface area contributed by atoms with Crippen molar-refractivity contribution in [1.82, 2.24) is 15.1 Å². The Morgan fingerprint density at radius 1 is 1.23 bits per heavy atom. The molecule has 1 atom stereocenters. The first kappa shape index (κ1) is 16.2. The van der Waals surface area contributed by atoms with Crippen LogP contribution in [0.4, 0.5) is 0 Å². The predicted molar refractivity (Wildman–Crippen MR) is 87.5 cm³/mol. The topological polar surface area (TPSA) is 52.7 Å². The van der Waals surface area contributed by atoms with Crippen LogP contribution in [0.3, 0.4) is 0 Å². The van der Waals surface area contributed by atoms with Crippen LogP contribution >= 0.6 is 0 Å². The molecule has 118 valence electrons. The first-order valence-corrected chi connectivity index (χ1v) is 7.50. The lowest BCUT2D eigenvalue weighted by Crippen LogP contribution is -2.52. The third kappa shape index (κ3) is 3.95. The molecule has 1 aromatic carbocycles. The second-order valence-electron chi connectivity index (χ2n) is 5.68. The minimum absolute atomic E-state index is 0.0379. The normalized spacial score (nSPS) is 19.4. The van der Waals surface area contributed by atoms with Gasteiger partial charge in [-0.25, -0.2) is 0 Å². The van der Waals surface area contributed by atoms with Gasteiger partial charge in [-0.15, -0.1) is 0 Å². The quantitative estimate of drug-likeness (QED) is 0.854. The van der Waals surface area contributed by atoms with Crippen LogP contribution in [-0.2, 0) is 4.79 Å². The summed E-state index contributed by atoms with van der Waals surface area (Å²) in [6.45, 7) is 4.64. The van der Waals surface area contributed by atoms with E-state index in [4.69, 9.17) is 0 Å². The second-order valence-corrected chi connectivity index (χ2v) is 5.68. The van der Waals surface area contributed by atoms with Gasteiger partial charge in [0.15, 0.2) is 0 Å². The molecule has 0 bridgehead atoms. The highest BCUT2D eigenvalue weighted by molar-refractivity contribution is 5.95. The van der Waals surface area contributed by atoms with Crippen molar-refractivity contribution in [3.63, 3.8) is 0 Å². The SMILES string of the molecule is CNC(=O)c1ccc(/C=C/C(=O)N2CCN(C)CC2C)cc1. The number of nitrogens with zero attached hydrogens (tertiary/aromatic N) is 2. The summed E-state index contributed by atoms with van der Waals surface area (Å²) in [5.74, 6) is -0.0751. The summed E-state index contributed by atoms with van der Waals surface area (Å²) in [6, 6.07) is 7.40. The van der Waals surface area contributed by atoms with Gasteiger partial charge in [0, 0.05) is 44.4 Å². The number of nitrogens with one attached hydrogen (secondary N) is 1. The average Bonchev–Trinajstić information content (AvgIpc) is 2.52. The Bertz CT molecular complexity index is 566. The van der Waals surface area contributed by atoms with Crippen molar-refractivity contribution in [3.05, 3.63) is 41.5 Å². The summed E-state index contributed by atoms with van der Waals surface area (Å²) in [7, 11) is 3.67. The number of hydrogen-bond acceptors (Lipinski definition) is 3. The fourth-order valence-corrected chi connectivity index (χ4v) is 2.62. The molecule has 1 saturated heterocycles. The summed E-state index contributed by atoms with van der Waals surface area (Å²) >= 11 is 0. The number of piperazine rings is 1. The molecular formula is C17H23N3O2. The average molecular weight is 301 g/mol. The van der Waals surface area contributed by atoms with E-state index in [1.807, 2.05) is 17.0 Å². The Kier molecular flexibility index (Phi) is 5.33. The van der Waals surface area contributed by atoms with Gasteiger partial charge >= 0.3 is 0 Å². The van der Waals surface area contributed by atoms with Crippen LogP contribution in [0.25, 0.3) is 6.08 Å². The molecule has 0 spiro atoms. The van der Waals surface area contributed by atoms with Gasteiger partial charge < -0.3 is 15.1 Å². The van der Waals surface area contributed by atoms with E-state index in [-0.39, 0.29) is 17.9 Å². The van der Waals surface area contributed by atoms with Gasteiger partial charge in [0.1, 0.15) is 0 Å². The van der Waals surface area contributed by atoms with Gasteiger partial charge in [-0.05, 0) is 37.7 Å². The molecule has 5 nitrogen and oxygen atoms in total. The molecule has 1 aliphatic rings. The number of benzene rings is 1. The first-order chi connectivity index (χ1) is 10.5. The zero-order valence-corrected chi connectivity index (χ0v) is 13.4. The summed E-state index contributed by atoms with van der Waals surface area (Å²) in [4.78, 5) is 27.9. The molecule has 1 heterocycles. The third-order valence-corrected chi connectivity index (χ3v) is 3.93. The largest absolute Gasteiger partial charge is 0.355 e. The maximum atomic E-state index is 12.3. The Morgan fingerprint density at radius 3 is 2.50 bits per heavy atom. The Hall–Kier alpha value is -2.14. The maximum absolute atomic E-state index is 12.3. The van der Waals surface area contributed by atoms with E-state index in [0.29, 0.717) is 5.56 Å². The van der Waals surface area contributed by atoms with Gasteiger partial charge in [0.05, 0.1) is 0 Å². The Labute approximate surface area is 131 Å². The molecule has 1 aliphatic heterocycles. The molecule has 0 aliphatic carbocycles. The molecule has 0 saturated carbocycles. The number of amides is 2. The molecule has 1 fully saturated rings. The van der Waals surface area contributed by atoms with Gasteiger partial charge in [0.2, 0.25) is 5.91 Å². The smallest absolute Gasteiger partial charge is 0.251 e. The lowest BCUT2D eigenvalue weighted by Gasteiger charge is -2.37. The van der Waals surface area contributed by atoms with Crippen LogP contribution in [0.1, 0.15) is 22.8 Å². The van der Waals surface area contributed by atoms with Crippen LogP contribution in [0.15, 0.2) is 30.3 Å². The summed E-state index contributed by atoms with van der Waals surface area (Å²) < 4.78 is 0. The highest BCUT2D eigenvalue weighted by Gasteiger charge is 2.23. The van der Waals surface area contributed by atoms with E-state index in [1.54, 1.807) is 31.3 Å². The van der Waals surface area contributed by atoms with Crippen molar-refractivity contribution in [2.24, 2.45) is 0 Å². The standard InChI is InChI=1S/C17H23N3O2/c1-13-12-19(3)10-11-20(13)16(21)9-6-14-4-7-15(8-5-14)17(22)18-2/h4-9,13H,10-12H2,1-3H3,(H,18,22)/b9-6+. The van der Waals surface area contributed by atoms with Crippen molar-refractivity contribution in [2.45, 2.75) is 13.0 Å². The van der Waals surface area contributed by atoms with Crippen molar-refractivity contribution in [3.8, 4) is 0 Å². The minimum Gasteiger partial charge on any atom is -0.355 e. The zero-order chi connectivity index (χ0) is 16.1. The fourth-order valence-electron chi connectivity index (χ4n) is 2.62. The van der Waals surface area contributed by atoms with Crippen molar-refractivity contribution in [1.29, 1.82) is 0 Å². The molecule has 5 heteroatoms. The molecule has 1 aromatic rings. The minimum atomic E-state index is -0.113. The first-order valence-electron chi connectivity index (χ1n) is 7.50. The van der Waals surface area contributed by atoms with Crippen LogP contribution in [0, 0.1) is 0 Å². The van der Waals surface area contributed by atoms with E-state index in [2.05, 4.69) is 24.2 Å². The Balaban J connectivity index is 1.99. The highest BCUT2D eigenvalue weighted by atomic mass is 16.2. The van der Waals surface area contributed by atoms with Crippen molar-refractivity contribution < 1.29 is 9.59 Å². The summed E-state index contributed by atoms with van der Waals surface area (Å²) in [5, 5.41) is 2.58. The van der Waals surface area contributed by atoms with Gasteiger partial charge in [-0.1, -0.05) is 12.1 Å². The van der Waals surface area contributed by atoms with Crippen LogP contribution in [0.2, 0.25) is 0 Å². The highest BCUT2D eigenvalue weighted by Crippen LogP contribution is 2.10. The van der Waals surface area contributed by atoms with Crippen molar-refractivity contribution >= 4 is 17.9 Å². The number of carbonyl (C=O) groups excluding carboxylic acids is 2. The molecule has 1 unspecified atom stereocenters. The molecule has 0 aromatic heterocycles. The van der Waals surface area contributed by atoms with Gasteiger partial charge in [-0.3, -0.25) is 9.59 Å². The van der Waals surface area contributed by atoms with E-state index >= 15 is 0 Å². The zero-order valence-electron chi connectivity index (χ0n) is 13.4. The second kappa shape index (κ2) is 7.22. The van der Waals surface area contributed by atoms with E-state index in [9.17, 15) is 9.59 Å². The van der Waals surface area contributed by atoms with Crippen LogP contribution in [-0.4, -0.2) is 61.4 Å². The third-order valence-electron chi connectivity index (χ3n) is 3.93. The molecule has 2 rings (SSSR count). The molecule has 22 heavy (non-hydrogen) atoms. The van der Waals surface area contributed by atoms with Crippen LogP contribution < -0.4 is 5.32 Å². The van der Waals surface area contributed by atoms with Crippen LogP contribution in [0.5, 0.6) is 0 Å². The number of rotatable bonds is 3. The van der Waals surface area contributed by atoms with E-state index < -0.39 is 0 Å². The summed E-state index contributed by atoms with van der Waals surface area (Å²) in [5.41, 5.74) is 1.52. The molecule has 1 N–H and O–H groups in total. The summed E-state index contributed by atoms with van der Waals surface area (Å²) in [6.07, 6.45) is 3.40.